The Kier molecular flexibility index (Phi) is 6.76. The summed E-state index contributed by atoms with van der Waals surface area (Å²) in [6, 6.07) is 0.390. The van der Waals surface area contributed by atoms with Gasteiger partial charge in [0, 0.05) is 32.2 Å². The molecule has 1 atom stereocenters. The molecule has 1 saturated heterocycles. The number of likely N-dealkylation sites (N-methyl/N-ethyl adjacent to an activating group) is 1. The molecule has 1 fully saturated rings. The topological polar surface area (TPSA) is 44.8 Å². The van der Waals surface area contributed by atoms with Crippen LogP contribution in [0, 0.1) is 0 Å². The maximum absolute atomic E-state index is 12.1. The summed E-state index contributed by atoms with van der Waals surface area (Å²) in [4.78, 5) is 16.2. The van der Waals surface area contributed by atoms with E-state index in [2.05, 4.69) is 24.2 Å². The van der Waals surface area contributed by atoms with E-state index >= 15 is 0 Å². The number of carbonyl (C=O) groups excluding carboxylic acids is 1. The van der Waals surface area contributed by atoms with Crippen LogP contribution < -0.4 is 5.32 Å². The Bertz CT molecular complexity index is 302. The fourth-order valence-electron chi connectivity index (χ4n) is 2.25. The molecule has 1 rings (SSSR count). The van der Waals surface area contributed by atoms with Gasteiger partial charge in [-0.25, -0.2) is 4.79 Å². The molecule has 0 radical (unpaired) electrons. The van der Waals surface area contributed by atoms with E-state index in [1.54, 1.807) is 0 Å². The van der Waals surface area contributed by atoms with Crippen LogP contribution in [-0.4, -0.2) is 67.3 Å². The van der Waals surface area contributed by atoms with Crippen molar-refractivity contribution < 1.29 is 9.53 Å². The van der Waals surface area contributed by atoms with Gasteiger partial charge in [0.15, 0.2) is 0 Å². The Morgan fingerprint density at radius 1 is 1.45 bits per heavy atom. The highest BCUT2D eigenvalue weighted by Gasteiger charge is 2.27. The predicted molar refractivity (Wildman–Crippen MR) is 82.0 cm³/mol. The van der Waals surface area contributed by atoms with E-state index < -0.39 is 5.60 Å². The number of nitrogens with one attached hydrogen (secondary N) is 1. The fourth-order valence-corrected chi connectivity index (χ4v) is 2.25. The molecule has 1 unspecified atom stereocenters. The first kappa shape index (κ1) is 17.2. The van der Waals surface area contributed by atoms with E-state index in [4.69, 9.17) is 4.74 Å². The SMILES string of the molecule is CCN(C)CCNC1CCCN(C(=O)OC(C)(C)C)C1. The van der Waals surface area contributed by atoms with Gasteiger partial charge < -0.3 is 19.9 Å². The lowest BCUT2D eigenvalue weighted by molar-refractivity contribution is 0.0187. The number of hydrogen-bond donors (Lipinski definition) is 1. The van der Waals surface area contributed by atoms with Gasteiger partial charge in [-0.15, -0.1) is 0 Å². The van der Waals surface area contributed by atoms with Crippen LogP contribution in [0.4, 0.5) is 4.79 Å². The van der Waals surface area contributed by atoms with Crippen LogP contribution in [0.2, 0.25) is 0 Å². The van der Waals surface area contributed by atoms with Crippen LogP contribution in [0.25, 0.3) is 0 Å². The number of ether oxygens (including phenoxy) is 1. The lowest BCUT2D eigenvalue weighted by Crippen LogP contribution is -2.50. The maximum atomic E-state index is 12.1. The highest BCUT2D eigenvalue weighted by molar-refractivity contribution is 5.68. The van der Waals surface area contributed by atoms with E-state index in [1.807, 2.05) is 25.7 Å². The molecule has 5 nitrogen and oxygen atoms in total. The molecule has 20 heavy (non-hydrogen) atoms. The number of hydrogen-bond acceptors (Lipinski definition) is 4. The number of likely N-dealkylation sites (tertiary alicyclic amines) is 1. The molecule has 1 N–H and O–H groups in total. The summed E-state index contributed by atoms with van der Waals surface area (Å²) in [6.45, 7) is 12.5. The van der Waals surface area contributed by atoms with E-state index in [9.17, 15) is 4.79 Å². The summed E-state index contributed by atoms with van der Waals surface area (Å²) in [5, 5.41) is 3.54. The summed E-state index contributed by atoms with van der Waals surface area (Å²) >= 11 is 0. The fraction of sp³-hybridized carbons (Fsp3) is 0.933. The van der Waals surface area contributed by atoms with Gasteiger partial charge in [-0.05, 0) is 47.2 Å². The standard InChI is InChI=1S/C15H31N3O2/c1-6-17(5)11-9-16-13-8-7-10-18(12-13)14(19)20-15(2,3)4/h13,16H,6-12H2,1-5H3. The highest BCUT2D eigenvalue weighted by Crippen LogP contribution is 2.15. The molecule has 5 heteroatoms. The van der Waals surface area contributed by atoms with Gasteiger partial charge in [0.2, 0.25) is 0 Å². The van der Waals surface area contributed by atoms with Crippen molar-refractivity contribution in [1.82, 2.24) is 15.1 Å². The van der Waals surface area contributed by atoms with Gasteiger partial charge >= 0.3 is 6.09 Å². The first-order valence-electron chi connectivity index (χ1n) is 7.71. The maximum Gasteiger partial charge on any atom is 0.410 e. The Hall–Kier alpha value is -0.810. The monoisotopic (exact) mass is 285 g/mol. The first-order valence-corrected chi connectivity index (χ1v) is 7.71. The molecule has 1 amide bonds. The van der Waals surface area contributed by atoms with E-state index in [1.165, 1.54) is 0 Å². The Balaban J connectivity index is 2.33. The third kappa shape index (κ3) is 6.57. The van der Waals surface area contributed by atoms with Crippen molar-refractivity contribution in [3.63, 3.8) is 0 Å². The average molecular weight is 285 g/mol. The van der Waals surface area contributed by atoms with Crippen LogP contribution in [0.3, 0.4) is 0 Å². The third-order valence-electron chi connectivity index (χ3n) is 3.54. The molecule has 0 aromatic rings. The van der Waals surface area contributed by atoms with Crippen molar-refractivity contribution in [2.24, 2.45) is 0 Å². The predicted octanol–water partition coefficient (Wildman–Crippen LogP) is 1.93. The number of piperidine rings is 1. The Morgan fingerprint density at radius 3 is 2.75 bits per heavy atom. The molecular weight excluding hydrogens is 254 g/mol. The first-order chi connectivity index (χ1) is 9.31. The van der Waals surface area contributed by atoms with Crippen molar-refractivity contribution in [1.29, 1.82) is 0 Å². The molecule has 1 aliphatic rings. The number of nitrogens with zero attached hydrogens (tertiary/aromatic N) is 2. The highest BCUT2D eigenvalue weighted by atomic mass is 16.6. The van der Waals surface area contributed by atoms with Crippen molar-refractivity contribution in [2.45, 2.75) is 52.2 Å². The molecule has 0 spiro atoms. The van der Waals surface area contributed by atoms with Crippen LogP contribution in [0.15, 0.2) is 0 Å². The van der Waals surface area contributed by atoms with E-state index in [-0.39, 0.29) is 6.09 Å². The molecule has 1 heterocycles. The quantitative estimate of drug-likeness (QED) is 0.838. The zero-order valence-corrected chi connectivity index (χ0v) is 13.7. The van der Waals surface area contributed by atoms with Gasteiger partial charge in [-0.3, -0.25) is 0 Å². The summed E-state index contributed by atoms with van der Waals surface area (Å²) < 4.78 is 5.44. The van der Waals surface area contributed by atoms with Crippen molar-refractivity contribution in [3.05, 3.63) is 0 Å². The minimum atomic E-state index is -0.415. The third-order valence-corrected chi connectivity index (χ3v) is 3.54. The molecule has 118 valence electrons. The molecule has 1 aliphatic heterocycles. The van der Waals surface area contributed by atoms with Gasteiger partial charge in [0.25, 0.3) is 0 Å². The summed E-state index contributed by atoms with van der Waals surface area (Å²) in [5.74, 6) is 0. The number of carbonyl (C=O) groups is 1. The Labute approximate surface area is 123 Å². The minimum Gasteiger partial charge on any atom is -0.444 e. The zero-order valence-electron chi connectivity index (χ0n) is 13.7. The van der Waals surface area contributed by atoms with Crippen molar-refractivity contribution in [2.75, 3.05) is 39.8 Å². The minimum absolute atomic E-state index is 0.185. The molecule has 0 saturated carbocycles. The molecule has 0 aromatic heterocycles. The van der Waals surface area contributed by atoms with Crippen LogP contribution >= 0.6 is 0 Å². The summed E-state index contributed by atoms with van der Waals surface area (Å²) in [5.41, 5.74) is -0.415. The zero-order chi connectivity index (χ0) is 15.2. The van der Waals surface area contributed by atoms with Gasteiger partial charge in [0.1, 0.15) is 5.60 Å². The molecule has 0 aromatic carbocycles. The lowest BCUT2D eigenvalue weighted by atomic mass is 10.1. The average Bonchev–Trinajstić information content (AvgIpc) is 2.37. The van der Waals surface area contributed by atoms with E-state index in [0.29, 0.717) is 6.04 Å². The van der Waals surface area contributed by atoms with Gasteiger partial charge in [0.05, 0.1) is 0 Å². The Morgan fingerprint density at radius 2 is 2.15 bits per heavy atom. The largest absolute Gasteiger partial charge is 0.444 e. The van der Waals surface area contributed by atoms with Crippen molar-refractivity contribution in [3.8, 4) is 0 Å². The van der Waals surface area contributed by atoms with Gasteiger partial charge in [-0.1, -0.05) is 6.92 Å². The molecular formula is C15H31N3O2. The lowest BCUT2D eigenvalue weighted by Gasteiger charge is -2.34. The van der Waals surface area contributed by atoms with E-state index in [0.717, 1.165) is 45.6 Å². The van der Waals surface area contributed by atoms with Gasteiger partial charge in [-0.2, -0.15) is 0 Å². The summed E-state index contributed by atoms with van der Waals surface area (Å²) in [6.07, 6.45) is 1.99. The number of amides is 1. The second kappa shape index (κ2) is 7.84. The second-order valence-electron chi connectivity index (χ2n) is 6.62. The molecule has 0 aliphatic carbocycles. The number of rotatable bonds is 5. The van der Waals surface area contributed by atoms with Crippen LogP contribution in [0.5, 0.6) is 0 Å². The van der Waals surface area contributed by atoms with Crippen LogP contribution in [0.1, 0.15) is 40.5 Å². The second-order valence-corrected chi connectivity index (χ2v) is 6.62. The summed E-state index contributed by atoms with van der Waals surface area (Å²) in [7, 11) is 2.12. The smallest absolute Gasteiger partial charge is 0.410 e. The van der Waals surface area contributed by atoms with Crippen molar-refractivity contribution >= 4 is 6.09 Å². The molecule has 0 bridgehead atoms. The van der Waals surface area contributed by atoms with Crippen LogP contribution in [-0.2, 0) is 4.74 Å². The normalized spacial score (nSPS) is 20.3.